The molecule has 0 aromatic heterocycles. The SMILES string of the molecule is COc1ccc([Si](C)(C)[C@@H]2[C@@H](CC(=O)N(CCO)Cc3ccccc3)O[C@]3(C(=O)N(C/C=C(\C)CCC=C(C)C)c4ccc(N5CCCCCCC5=O)cc43)[C@H]2C)cc1. The molecule has 0 saturated carbocycles. The van der Waals surface area contributed by atoms with Gasteiger partial charge in [-0.25, -0.2) is 0 Å². The van der Waals surface area contributed by atoms with Gasteiger partial charge < -0.3 is 29.3 Å². The summed E-state index contributed by atoms with van der Waals surface area (Å²) < 4.78 is 12.9. The molecule has 1 N–H and O–H groups in total. The number of fused-ring (bicyclic) bond motifs is 2. The Morgan fingerprint density at radius 2 is 1.71 bits per heavy atom. The van der Waals surface area contributed by atoms with Crippen molar-refractivity contribution in [3.8, 4) is 5.75 Å². The van der Waals surface area contributed by atoms with E-state index in [0.717, 1.165) is 66.8 Å². The fourth-order valence-electron chi connectivity index (χ4n) is 9.74. The Bertz CT molecular complexity index is 2010. The van der Waals surface area contributed by atoms with Crippen LogP contribution in [0.3, 0.4) is 0 Å². The van der Waals surface area contributed by atoms with E-state index in [9.17, 15) is 14.7 Å². The summed E-state index contributed by atoms with van der Waals surface area (Å²) in [6.45, 7) is 14.5. The van der Waals surface area contributed by atoms with Crippen molar-refractivity contribution in [1.82, 2.24) is 4.90 Å². The predicted octanol–water partition coefficient (Wildman–Crippen LogP) is 8.66. The standard InChI is InChI=1S/C49H65N3O6Si/c1-35(2)16-15-17-36(3)27-29-52-43-26-21-39(51-28-14-9-8-13-20-45(51)54)32-42(43)49(48(52)56)37(4)47(59(6,7)41-24-22-40(57-5)23-25-41)44(58-49)33-46(55)50(30-31-53)34-38-18-11-10-12-19-38/h10-12,16,18-19,21-27,32,37,44,47,53H,8-9,13-15,17,20,28-31,33-34H2,1-7H3/b36-27+/t37-,44+,47-,49+/m0/s1. The molecule has 316 valence electrons. The van der Waals surface area contributed by atoms with E-state index >= 15 is 4.79 Å². The number of nitrogens with zero attached hydrogens (tertiary/aromatic N) is 3. The second-order valence-electron chi connectivity index (χ2n) is 17.6. The zero-order chi connectivity index (χ0) is 42.3. The van der Waals surface area contributed by atoms with E-state index in [-0.39, 0.29) is 48.8 Å². The molecule has 0 bridgehead atoms. The van der Waals surface area contributed by atoms with Gasteiger partial charge in [0, 0.05) is 49.8 Å². The molecule has 3 aliphatic rings. The van der Waals surface area contributed by atoms with Gasteiger partial charge in [0.25, 0.3) is 5.91 Å². The number of benzene rings is 3. The Balaban J connectivity index is 1.46. The minimum Gasteiger partial charge on any atom is -0.497 e. The smallest absolute Gasteiger partial charge is 0.264 e. The van der Waals surface area contributed by atoms with Crippen LogP contribution < -0.4 is 19.7 Å². The van der Waals surface area contributed by atoms with Crippen molar-refractivity contribution >= 4 is 42.4 Å². The first kappa shape index (κ1) is 44.0. The molecule has 3 aromatic carbocycles. The highest BCUT2D eigenvalue weighted by Gasteiger charge is 2.66. The Kier molecular flexibility index (Phi) is 14.4. The lowest BCUT2D eigenvalue weighted by atomic mass is 9.82. The normalized spacial score (nSPS) is 22.3. The number of amides is 3. The van der Waals surface area contributed by atoms with Crippen LogP contribution in [-0.2, 0) is 31.3 Å². The maximum atomic E-state index is 15.5. The zero-order valence-corrected chi connectivity index (χ0v) is 37.3. The highest BCUT2D eigenvalue weighted by molar-refractivity contribution is 6.91. The largest absolute Gasteiger partial charge is 0.497 e. The summed E-state index contributed by atoms with van der Waals surface area (Å²) in [6.07, 6.45) is 10.1. The molecule has 2 fully saturated rings. The van der Waals surface area contributed by atoms with Gasteiger partial charge >= 0.3 is 0 Å². The molecule has 3 aliphatic heterocycles. The summed E-state index contributed by atoms with van der Waals surface area (Å²) in [5.74, 6) is 0.303. The molecule has 3 amide bonds. The molecular formula is C49H65N3O6Si. The molecular weight excluding hydrogens is 755 g/mol. The number of ether oxygens (including phenoxy) is 2. The summed E-state index contributed by atoms with van der Waals surface area (Å²) in [6, 6.07) is 24.1. The number of anilines is 2. The second kappa shape index (κ2) is 19.3. The van der Waals surface area contributed by atoms with Crippen LogP contribution in [0.25, 0.3) is 0 Å². The number of hydrogen-bond acceptors (Lipinski definition) is 6. The summed E-state index contributed by atoms with van der Waals surface area (Å²) in [4.78, 5) is 49.2. The van der Waals surface area contributed by atoms with Crippen LogP contribution in [0.1, 0.15) is 90.2 Å². The molecule has 2 saturated heterocycles. The van der Waals surface area contributed by atoms with E-state index < -0.39 is 19.8 Å². The molecule has 6 rings (SSSR count). The van der Waals surface area contributed by atoms with Gasteiger partial charge in [-0.3, -0.25) is 14.4 Å². The average Bonchev–Trinajstić information content (AvgIpc) is 3.64. The highest BCUT2D eigenvalue weighted by atomic mass is 28.3. The maximum absolute atomic E-state index is 15.5. The number of aliphatic hydroxyl groups is 1. The number of hydrogen-bond donors (Lipinski definition) is 1. The van der Waals surface area contributed by atoms with Crippen molar-refractivity contribution in [2.24, 2.45) is 5.92 Å². The van der Waals surface area contributed by atoms with E-state index in [0.29, 0.717) is 26.1 Å². The fourth-order valence-corrected chi connectivity index (χ4v) is 13.7. The second-order valence-corrected chi connectivity index (χ2v) is 22.3. The summed E-state index contributed by atoms with van der Waals surface area (Å²) in [5, 5.41) is 11.3. The molecule has 9 nitrogen and oxygen atoms in total. The highest BCUT2D eigenvalue weighted by Crippen LogP contribution is 2.60. The Labute approximate surface area is 353 Å². The first-order valence-electron chi connectivity index (χ1n) is 21.6. The average molecular weight is 820 g/mol. The van der Waals surface area contributed by atoms with Crippen molar-refractivity contribution in [1.29, 1.82) is 0 Å². The molecule has 0 radical (unpaired) electrons. The molecule has 1 spiro atoms. The van der Waals surface area contributed by atoms with Gasteiger partial charge in [0.2, 0.25) is 11.8 Å². The van der Waals surface area contributed by atoms with Crippen LogP contribution in [0, 0.1) is 5.92 Å². The van der Waals surface area contributed by atoms with Crippen molar-refractivity contribution in [3.63, 3.8) is 0 Å². The molecule has 0 unspecified atom stereocenters. The number of carbonyl (C=O) groups excluding carboxylic acids is 3. The van der Waals surface area contributed by atoms with E-state index in [2.05, 4.69) is 65.1 Å². The predicted molar refractivity (Wildman–Crippen MR) is 240 cm³/mol. The minimum absolute atomic E-state index is 0.0620. The van der Waals surface area contributed by atoms with E-state index in [4.69, 9.17) is 9.47 Å². The summed E-state index contributed by atoms with van der Waals surface area (Å²) in [5.41, 5.74) is 4.28. The van der Waals surface area contributed by atoms with Gasteiger partial charge in [-0.2, -0.15) is 0 Å². The first-order chi connectivity index (χ1) is 28.3. The third kappa shape index (κ3) is 9.45. The van der Waals surface area contributed by atoms with Gasteiger partial charge in [0.1, 0.15) is 5.75 Å². The molecule has 59 heavy (non-hydrogen) atoms. The van der Waals surface area contributed by atoms with Crippen LogP contribution in [-0.4, -0.2) is 75.3 Å². The number of allylic oxidation sites excluding steroid dienone is 3. The zero-order valence-electron chi connectivity index (χ0n) is 36.3. The Hall–Kier alpha value is -4.51. The number of methoxy groups -OCH3 is 1. The Morgan fingerprint density at radius 1 is 0.983 bits per heavy atom. The van der Waals surface area contributed by atoms with Crippen LogP contribution in [0.2, 0.25) is 18.6 Å². The quantitative estimate of drug-likeness (QED) is 0.122. The summed E-state index contributed by atoms with van der Waals surface area (Å²) in [7, 11) is -0.892. The van der Waals surface area contributed by atoms with Gasteiger partial charge in [0.05, 0.1) is 40.0 Å². The van der Waals surface area contributed by atoms with Crippen LogP contribution in [0.5, 0.6) is 5.75 Å². The lowest BCUT2D eigenvalue weighted by Gasteiger charge is -2.37. The lowest BCUT2D eigenvalue weighted by Crippen LogP contribution is -2.52. The number of aliphatic hydroxyl groups excluding tert-OH is 1. The van der Waals surface area contributed by atoms with Crippen LogP contribution in [0.15, 0.2) is 96.1 Å². The van der Waals surface area contributed by atoms with Gasteiger partial charge in [-0.1, -0.05) is 104 Å². The maximum Gasteiger partial charge on any atom is 0.264 e. The van der Waals surface area contributed by atoms with Gasteiger partial charge in [-0.05, 0) is 87.9 Å². The molecule has 4 atom stereocenters. The van der Waals surface area contributed by atoms with Crippen molar-refractivity contribution in [2.75, 3.05) is 43.2 Å². The molecule has 3 heterocycles. The van der Waals surface area contributed by atoms with Crippen molar-refractivity contribution in [3.05, 3.63) is 107 Å². The minimum atomic E-state index is -2.55. The topological polar surface area (TPSA) is 99.6 Å². The lowest BCUT2D eigenvalue weighted by molar-refractivity contribution is -0.149. The van der Waals surface area contributed by atoms with E-state index in [1.165, 1.54) is 16.3 Å². The number of rotatable bonds is 15. The monoisotopic (exact) mass is 819 g/mol. The first-order valence-corrected chi connectivity index (χ1v) is 24.7. The van der Waals surface area contributed by atoms with Gasteiger partial charge in [-0.15, -0.1) is 0 Å². The van der Waals surface area contributed by atoms with Crippen molar-refractivity contribution < 1.29 is 29.0 Å². The number of carbonyl (C=O) groups is 3. The molecule has 0 aliphatic carbocycles. The fraction of sp³-hybridized carbons (Fsp3) is 0.490. The van der Waals surface area contributed by atoms with Crippen molar-refractivity contribution in [2.45, 2.75) is 116 Å². The summed E-state index contributed by atoms with van der Waals surface area (Å²) >= 11 is 0. The van der Waals surface area contributed by atoms with E-state index in [1.807, 2.05) is 70.5 Å². The van der Waals surface area contributed by atoms with Gasteiger partial charge in [0.15, 0.2) is 5.60 Å². The van der Waals surface area contributed by atoms with Crippen LogP contribution in [0.4, 0.5) is 11.4 Å². The van der Waals surface area contributed by atoms with E-state index in [1.54, 1.807) is 12.0 Å². The molecule has 3 aromatic rings. The Morgan fingerprint density at radius 3 is 2.41 bits per heavy atom. The van der Waals surface area contributed by atoms with Crippen LogP contribution >= 0.6 is 0 Å². The third-order valence-corrected chi connectivity index (χ3v) is 17.3. The third-order valence-electron chi connectivity index (χ3n) is 13.0. The molecule has 10 heteroatoms.